The number of hydrogen-bond donors (Lipinski definition) is 0. The molecule has 1 aliphatic heterocycles. The number of carbonyl (C=O) groups is 1. The van der Waals surface area contributed by atoms with Crippen molar-refractivity contribution in [2.45, 2.75) is 57.8 Å². The van der Waals surface area contributed by atoms with Crippen LogP contribution >= 0.6 is 0 Å². The van der Waals surface area contributed by atoms with E-state index in [0.29, 0.717) is 31.5 Å². The summed E-state index contributed by atoms with van der Waals surface area (Å²) in [5.74, 6) is 1.35. The summed E-state index contributed by atoms with van der Waals surface area (Å²) in [7, 11) is 1.66. The molecule has 0 radical (unpaired) electrons. The Labute approximate surface area is 173 Å². The van der Waals surface area contributed by atoms with Crippen LogP contribution in [-0.2, 0) is 25.6 Å². The lowest BCUT2D eigenvalue weighted by atomic mass is 9.80. The molecule has 2 fully saturated rings. The van der Waals surface area contributed by atoms with Gasteiger partial charge in [0.1, 0.15) is 5.75 Å². The summed E-state index contributed by atoms with van der Waals surface area (Å²) < 4.78 is 23.4. The lowest BCUT2D eigenvalue weighted by Crippen LogP contribution is -2.38. The van der Waals surface area contributed by atoms with Crippen molar-refractivity contribution in [1.82, 2.24) is 0 Å². The van der Waals surface area contributed by atoms with Crippen molar-refractivity contribution in [2.24, 2.45) is 17.8 Å². The standard InChI is InChI=1S/C24H32O5/c1-16-11-23-21(12-22(16)27-13-17-7-9-20(26-2)10-8-17)24(25)29-15-19-6-4-3-5-18(19)14-28-23/h7-11,18-19,21-23H,3-6,12-15H2,1-2H3/t18-,19-,21+,22+,23-/m1/s1. The molecular formula is C24H32O5. The average Bonchev–Trinajstić information content (AvgIpc) is 2.81. The second kappa shape index (κ2) is 9.31. The van der Waals surface area contributed by atoms with Gasteiger partial charge in [-0.3, -0.25) is 4.79 Å². The van der Waals surface area contributed by atoms with Gasteiger partial charge in [-0.25, -0.2) is 0 Å². The molecule has 4 rings (SSSR count). The molecule has 5 nitrogen and oxygen atoms in total. The van der Waals surface area contributed by atoms with Crippen LogP contribution in [0.25, 0.3) is 0 Å². The first-order valence-electron chi connectivity index (χ1n) is 10.8. The number of cyclic esters (lactones) is 1. The molecule has 0 bridgehead atoms. The van der Waals surface area contributed by atoms with Crippen molar-refractivity contribution in [2.75, 3.05) is 20.3 Å². The van der Waals surface area contributed by atoms with E-state index in [1.165, 1.54) is 19.3 Å². The molecule has 2 aliphatic carbocycles. The number of rotatable bonds is 4. The molecule has 1 saturated carbocycles. The Kier molecular flexibility index (Phi) is 6.56. The van der Waals surface area contributed by atoms with Gasteiger partial charge in [-0.2, -0.15) is 0 Å². The summed E-state index contributed by atoms with van der Waals surface area (Å²) in [5.41, 5.74) is 2.21. The van der Waals surface area contributed by atoms with Gasteiger partial charge in [-0.15, -0.1) is 0 Å². The lowest BCUT2D eigenvalue weighted by Gasteiger charge is -2.33. The minimum absolute atomic E-state index is 0.0995. The van der Waals surface area contributed by atoms with E-state index < -0.39 is 0 Å². The fourth-order valence-corrected chi connectivity index (χ4v) is 4.80. The number of carbonyl (C=O) groups excluding carboxylic acids is 1. The molecule has 5 atom stereocenters. The van der Waals surface area contributed by atoms with Crippen LogP contribution in [0.15, 0.2) is 35.9 Å². The summed E-state index contributed by atoms with van der Waals surface area (Å²) in [4.78, 5) is 12.8. The van der Waals surface area contributed by atoms with E-state index in [1.807, 2.05) is 24.3 Å². The Morgan fingerprint density at radius 2 is 1.79 bits per heavy atom. The maximum Gasteiger partial charge on any atom is 0.312 e. The van der Waals surface area contributed by atoms with Crippen LogP contribution < -0.4 is 4.74 Å². The van der Waals surface area contributed by atoms with Crippen molar-refractivity contribution in [3.8, 4) is 5.75 Å². The molecule has 29 heavy (non-hydrogen) atoms. The third kappa shape index (κ3) is 4.84. The second-order valence-electron chi connectivity index (χ2n) is 8.63. The fraction of sp³-hybridized carbons (Fsp3) is 0.625. The summed E-state index contributed by atoms with van der Waals surface area (Å²) in [5, 5.41) is 0. The topological polar surface area (TPSA) is 54.0 Å². The zero-order chi connectivity index (χ0) is 20.2. The molecule has 5 heteroatoms. The van der Waals surface area contributed by atoms with Crippen LogP contribution in [0.5, 0.6) is 5.75 Å². The number of fused-ring (bicyclic) bond motifs is 2. The summed E-state index contributed by atoms with van der Waals surface area (Å²) in [6.07, 6.45) is 7.18. The van der Waals surface area contributed by atoms with Crippen LogP contribution in [0, 0.1) is 17.8 Å². The predicted molar refractivity (Wildman–Crippen MR) is 110 cm³/mol. The smallest absolute Gasteiger partial charge is 0.312 e. The van der Waals surface area contributed by atoms with Gasteiger partial charge in [-0.1, -0.05) is 31.1 Å². The molecule has 0 amide bonds. The van der Waals surface area contributed by atoms with E-state index in [2.05, 4.69) is 13.0 Å². The number of benzene rings is 1. The molecule has 1 aromatic rings. The molecule has 0 N–H and O–H groups in total. The van der Waals surface area contributed by atoms with Gasteiger partial charge in [0.2, 0.25) is 0 Å². The Bertz CT molecular complexity index is 725. The lowest BCUT2D eigenvalue weighted by molar-refractivity contribution is -0.155. The maximum absolute atomic E-state index is 12.8. The molecule has 0 unspecified atom stereocenters. The second-order valence-corrected chi connectivity index (χ2v) is 8.63. The zero-order valence-corrected chi connectivity index (χ0v) is 17.5. The van der Waals surface area contributed by atoms with Gasteiger partial charge in [0.25, 0.3) is 0 Å². The van der Waals surface area contributed by atoms with Gasteiger partial charge < -0.3 is 18.9 Å². The van der Waals surface area contributed by atoms with Gasteiger partial charge in [0.15, 0.2) is 0 Å². The Morgan fingerprint density at radius 1 is 1.07 bits per heavy atom. The molecule has 3 aliphatic rings. The van der Waals surface area contributed by atoms with Crippen LogP contribution in [0.2, 0.25) is 0 Å². The first-order chi connectivity index (χ1) is 14.1. The van der Waals surface area contributed by atoms with Crippen molar-refractivity contribution in [3.63, 3.8) is 0 Å². The summed E-state index contributed by atoms with van der Waals surface area (Å²) >= 11 is 0. The predicted octanol–water partition coefficient (Wildman–Crippen LogP) is 4.30. The maximum atomic E-state index is 12.8. The van der Waals surface area contributed by atoms with Crippen molar-refractivity contribution in [3.05, 3.63) is 41.5 Å². The van der Waals surface area contributed by atoms with E-state index in [0.717, 1.165) is 29.9 Å². The normalized spacial score (nSPS) is 32.6. The SMILES string of the molecule is COc1ccc(CO[C@H]2C[C@@H]3C(=O)OC[C@H]4CCCC[C@@H]4CO[C@@H]3C=C2C)cc1. The zero-order valence-electron chi connectivity index (χ0n) is 17.5. The van der Waals surface area contributed by atoms with Crippen molar-refractivity contribution < 1.29 is 23.7 Å². The average molecular weight is 401 g/mol. The molecule has 1 heterocycles. The highest BCUT2D eigenvalue weighted by atomic mass is 16.5. The Hall–Kier alpha value is -1.85. The summed E-state index contributed by atoms with van der Waals surface area (Å²) in [6, 6.07) is 7.87. The van der Waals surface area contributed by atoms with Crippen LogP contribution in [-0.4, -0.2) is 38.5 Å². The highest BCUT2D eigenvalue weighted by Crippen LogP contribution is 2.36. The number of ether oxygens (including phenoxy) is 4. The fourth-order valence-electron chi connectivity index (χ4n) is 4.80. The number of methoxy groups -OCH3 is 1. The monoisotopic (exact) mass is 400 g/mol. The first-order valence-corrected chi connectivity index (χ1v) is 10.8. The highest BCUT2D eigenvalue weighted by molar-refractivity contribution is 5.74. The van der Waals surface area contributed by atoms with E-state index in [1.54, 1.807) is 7.11 Å². The van der Waals surface area contributed by atoms with E-state index in [-0.39, 0.29) is 24.1 Å². The summed E-state index contributed by atoms with van der Waals surface area (Å²) in [6.45, 7) is 3.83. The van der Waals surface area contributed by atoms with E-state index in [9.17, 15) is 4.79 Å². The molecule has 1 saturated heterocycles. The van der Waals surface area contributed by atoms with Gasteiger partial charge in [0.05, 0.1) is 45.1 Å². The van der Waals surface area contributed by atoms with E-state index in [4.69, 9.17) is 18.9 Å². The molecular weight excluding hydrogens is 368 g/mol. The Balaban J connectivity index is 1.42. The molecule has 158 valence electrons. The highest BCUT2D eigenvalue weighted by Gasteiger charge is 2.39. The largest absolute Gasteiger partial charge is 0.497 e. The van der Waals surface area contributed by atoms with Crippen molar-refractivity contribution >= 4 is 5.97 Å². The third-order valence-electron chi connectivity index (χ3n) is 6.72. The van der Waals surface area contributed by atoms with Crippen LogP contribution in [0.1, 0.15) is 44.6 Å². The molecule has 0 spiro atoms. The van der Waals surface area contributed by atoms with Gasteiger partial charge in [-0.05, 0) is 61.3 Å². The first kappa shape index (κ1) is 20.4. The van der Waals surface area contributed by atoms with Crippen LogP contribution in [0.3, 0.4) is 0 Å². The minimum Gasteiger partial charge on any atom is -0.497 e. The van der Waals surface area contributed by atoms with Gasteiger partial charge in [0, 0.05) is 0 Å². The van der Waals surface area contributed by atoms with Gasteiger partial charge >= 0.3 is 5.97 Å². The third-order valence-corrected chi connectivity index (χ3v) is 6.72. The number of esters is 1. The van der Waals surface area contributed by atoms with E-state index >= 15 is 0 Å². The molecule has 0 aromatic heterocycles. The van der Waals surface area contributed by atoms with Crippen LogP contribution in [0.4, 0.5) is 0 Å². The minimum atomic E-state index is -0.292. The quantitative estimate of drug-likeness (QED) is 0.557. The van der Waals surface area contributed by atoms with Crippen molar-refractivity contribution in [1.29, 1.82) is 0 Å². The number of hydrogen-bond acceptors (Lipinski definition) is 5. The Morgan fingerprint density at radius 3 is 2.52 bits per heavy atom. The molecule has 1 aromatic carbocycles.